The Balaban J connectivity index is 2.17. The van der Waals surface area contributed by atoms with Gasteiger partial charge in [-0.3, -0.25) is 4.79 Å². The van der Waals surface area contributed by atoms with Crippen molar-refractivity contribution >= 4 is 5.91 Å². The molecule has 3 heteroatoms. The predicted octanol–water partition coefficient (Wildman–Crippen LogP) is 2.94. The number of hydrogen-bond acceptors (Lipinski definition) is 1. The molecule has 0 bridgehead atoms. The van der Waals surface area contributed by atoms with E-state index >= 15 is 0 Å². The number of benzene rings is 1. The van der Waals surface area contributed by atoms with Gasteiger partial charge in [-0.15, -0.1) is 0 Å². The minimum Gasteiger partial charge on any atom is -0.338 e. The van der Waals surface area contributed by atoms with Gasteiger partial charge in [0.05, 0.1) is 5.56 Å². The fourth-order valence-electron chi connectivity index (χ4n) is 2.63. The molecule has 1 aromatic carbocycles. The quantitative estimate of drug-likeness (QED) is 0.733. The van der Waals surface area contributed by atoms with Gasteiger partial charge in [-0.05, 0) is 30.4 Å². The van der Waals surface area contributed by atoms with Crippen molar-refractivity contribution in [1.82, 2.24) is 4.90 Å². The van der Waals surface area contributed by atoms with Gasteiger partial charge in [-0.25, -0.2) is 4.39 Å². The first-order valence-corrected chi connectivity index (χ1v) is 6.11. The molecule has 2 atom stereocenters. The van der Waals surface area contributed by atoms with E-state index in [2.05, 4.69) is 13.8 Å². The monoisotopic (exact) mass is 235 g/mol. The largest absolute Gasteiger partial charge is 0.338 e. The fourth-order valence-corrected chi connectivity index (χ4v) is 2.63. The van der Waals surface area contributed by atoms with Crippen LogP contribution in [0.5, 0.6) is 0 Å². The predicted molar refractivity (Wildman–Crippen MR) is 65.2 cm³/mol. The second-order valence-electron chi connectivity index (χ2n) is 5.14. The summed E-state index contributed by atoms with van der Waals surface area (Å²) in [5.74, 6) is 0.383. The third kappa shape index (κ3) is 2.65. The molecule has 1 heterocycles. The van der Waals surface area contributed by atoms with Crippen molar-refractivity contribution in [1.29, 1.82) is 0 Å². The maximum atomic E-state index is 13.5. The van der Waals surface area contributed by atoms with E-state index in [0.29, 0.717) is 11.8 Å². The maximum Gasteiger partial charge on any atom is 0.256 e. The van der Waals surface area contributed by atoms with E-state index in [0.717, 1.165) is 19.5 Å². The van der Waals surface area contributed by atoms with Gasteiger partial charge >= 0.3 is 0 Å². The molecule has 1 saturated heterocycles. The zero-order valence-electron chi connectivity index (χ0n) is 10.3. The van der Waals surface area contributed by atoms with Crippen LogP contribution in [0.25, 0.3) is 0 Å². The summed E-state index contributed by atoms with van der Waals surface area (Å²) in [7, 11) is 0. The van der Waals surface area contributed by atoms with Gasteiger partial charge in [0.2, 0.25) is 0 Å². The molecule has 1 aliphatic rings. The minimum atomic E-state index is -0.427. The Kier molecular flexibility index (Phi) is 3.46. The zero-order valence-corrected chi connectivity index (χ0v) is 10.3. The number of amides is 1. The summed E-state index contributed by atoms with van der Waals surface area (Å²) in [6.45, 7) is 5.74. The first-order valence-electron chi connectivity index (χ1n) is 6.11. The summed E-state index contributed by atoms with van der Waals surface area (Å²) in [6.07, 6.45) is 1.14. The van der Waals surface area contributed by atoms with Crippen LogP contribution >= 0.6 is 0 Å². The first-order chi connectivity index (χ1) is 8.08. The van der Waals surface area contributed by atoms with Gasteiger partial charge in [0.25, 0.3) is 5.91 Å². The molecule has 2 rings (SSSR count). The number of carbonyl (C=O) groups is 1. The van der Waals surface area contributed by atoms with Gasteiger partial charge in [0.1, 0.15) is 5.82 Å². The van der Waals surface area contributed by atoms with E-state index in [4.69, 9.17) is 0 Å². The first kappa shape index (κ1) is 12.1. The molecular formula is C14H18FNO. The number of nitrogens with zero attached hydrogens (tertiary/aromatic N) is 1. The topological polar surface area (TPSA) is 20.3 Å². The summed E-state index contributed by atoms with van der Waals surface area (Å²) in [5, 5.41) is 0. The van der Waals surface area contributed by atoms with Gasteiger partial charge in [0.15, 0.2) is 0 Å². The van der Waals surface area contributed by atoms with E-state index in [-0.39, 0.29) is 11.5 Å². The van der Waals surface area contributed by atoms with Crippen molar-refractivity contribution in [2.45, 2.75) is 20.3 Å². The number of hydrogen-bond donors (Lipinski definition) is 0. The molecule has 0 aromatic heterocycles. The maximum absolute atomic E-state index is 13.5. The Hall–Kier alpha value is -1.38. The lowest BCUT2D eigenvalue weighted by Gasteiger charge is -2.35. The molecule has 0 saturated carbocycles. The molecule has 0 aliphatic carbocycles. The number of piperidine rings is 1. The molecule has 0 radical (unpaired) electrons. The van der Waals surface area contributed by atoms with Crippen molar-refractivity contribution in [2.24, 2.45) is 11.8 Å². The minimum absolute atomic E-state index is 0.179. The summed E-state index contributed by atoms with van der Waals surface area (Å²) >= 11 is 0. The number of carbonyl (C=O) groups excluding carboxylic acids is 1. The Morgan fingerprint density at radius 3 is 2.41 bits per heavy atom. The van der Waals surface area contributed by atoms with Crippen LogP contribution in [0.2, 0.25) is 0 Å². The van der Waals surface area contributed by atoms with Crippen LogP contribution in [-0.4, -0.2) is 23.9 Å². The molecule has 1 aromatic rings. The summed E-state index contributed by atoms with van der Waals surface area (Å²) in [5.41, 5.74) is 0.189. The zero-order chi connectivity index (χ0) is 12.4. The molecule has 17 heavy (non-hydrogen) atoms. The lowest BCUT2D eigenvalue weighted by atomic mass is 9.91. The molecule has 1 amide bonds. The van der Waals surface area contributed by atoms with E-state index in [1.165, 1.54) is 6.07 Å². The van der Waals surface area contributed by atoms with Gasteiger partial charge < -0.3 is 4.90 Å². The van der Waals surface area contributed by atoms with Crippen LogP contribution in [0.15, 0.2) is 24.3 Å². The van der Waals surface area contributed by atoms with Crippen LogP contribution < -0.4 is 0 Å². The van der Waals surface area contributed by atoms with Crippen LogP contribution in [0.1, 0.15) is 30.6 Å². The molecule has 0 spiro atoms. The highest BCUT2D eigenvalue weighted by Crippen LogP contribution is 2.23. The molecule has 1 aliphatic heterocycles. The molecule has 0 unspecified atom stereocenters. The smallest absolute Gasteiger partial charge is 0.256 e. The molecule has 92 valence electrons. The second-order valence-corrected chi connectivity index (χ2v) is 5.14. The Bertz CT molecular complexity index is 408. The number of rotatable bonds is 1. The standard InChI is InChI=1S/C14H18FNO/c1-10-7-11(2)9-16(8-10)14(17)12-5-3-4-6-13(12)15/h3-6,10-11H,7-9H2,1-2H3/t10-,11+. The van der Waals surface area contributed by atoms with Crippen molar-refractivity contribution in [2.75, 3.05) is 13.1 Å². The summed E-state index contributed by atoms with van der Waals surface area (Å²) in [6, 6.07) is 6.20. The highest BCUT2D eigenvalue weighted by Gasteiger charge is 2.27. The average Bonchev–Trinajstić information content (AvgIpc) is 2.27. The van der Waals surface area contributed by atoms with Crippen LogP contribution in [0.3, 0.4) is 0 Å². The highest BCUT2D eigenvalue weighted by atomic mass is 19.1. The van der Waals surface area contributed by atoms with E-state index in [1.807, 2.05) is 0 Å². The van der Waals surface area contributed by atoms with Crippen LogP contribution in [0.4, 0.5) is 4.39 Å². The molecular weight excluding hydrogens is 217 g/mol. The molecule has 2 nitrogen and oxygen atoms in total. The summed E-state index contributed by atoms with van der Waals surface area (Å²) < 4.78 is 13.5. The average molecular weight is 235 g/mol. The Morgan fingerprint density at radius 2 is 1.82 bits per heavy atom. The van der Waals surface area contributed by atoms with E-state index in [1.54, 1.807) is 23.1 Å². The lowest BCUT2D eigenvalue weighted by molar-refractivity contribution is 0.0618. The van der Waals surface area contributed by atoms with Gasteiger partial charge in [-0.2, -0.15) is 0 Å². The van der Waals surface area contributed by atoms with Crippen LogP contribution in [0, 0.1) is 17.7 Å². The van der Waals surface area contributed by atoms with Crippen LogP contribution in [-0.2, 0) is 0 Å². The van der Waals surface area contributed by atoms with E-state index in [9.17, 15) is 9.18 Å². The van der Waals surface area contributed by atoms with Crippen molar-refractivity contribution in [3.8, 4) is 0 Å². The Morgan fingerprint density at radius 1 is 1.24 bits per heavy atom. The number of likely N-dealkylation sites (tertiary alicyclic amines) is 1. The van der Waals surface area contributed by atoms with Gasteiger partial charge in [-0.1, -0.05) is 26.0 Å². The van der Waals surface area contributed by atoms with Crippen molar-refractivity contribution in [3.63, 3.8) is 0 Å². The lowest BCUT2D eigenvalue weighted by Crippen LogP contribution is -2.42. The Labute approximate surface area is 101 Å². The normalized spacial score (nSPS) is 24.8. The fraction of sp³-hybridized carbons (Fsp3) is 0.500. The molecule has 0 N–H and O–H groups in total. The number of halogens is 1. The van der Waals surface area contributed by atoms with Gasteiger partial charge in [0, 0.05) is 13.1 Å². The van der Waals surface area contributed by atoms with Crippen molar-refractivity contribution < 1.29 is 9.18 Å². The third-order valence-electron chi connectivity index (χ3n) is 3.26. The SMILES string of the molecule is C[C@@H]1C[C@H](C)CN(C(=O)c2ccccc2F)C1. The molecule has 1 fully saturated rings. The van der Waals surface area contributed by atoms with Crippen molar-refractivity contribution in [3.05, 3.63) is 35.6 Å². The third-order valence-corrected chi connectivity index (χ3v) is 3.26. The van der Waals surface area contributed by atoms with E-state index < -0.39 is 5.82 Å². The second kappa shape index (κ2) is 4.86. The highest BCUT2D eigenvalue weighted by molar-refractivity contribution is 5.94. The summed E-state index contributed by atoms with van der Waals surface area (Å²) in [4.78, 5) is 14.0.